The van der Waals surface area contributed by atoms with E-state index in [1.165, 1.54) is 12.6 Å². The van der Waals surface area contributed by atoms with Crippen molar-refractivity contribution in [3.8, 4) is 0 Å². The lowest BCUT2D eigenvalue weighted by Crippen LogP contribution is -2.69. The molecule has 2 aromatic heterocycles. The number of nitrogens with zero attached hydrogens (tertiary/aromatic N) is 3. The summed E-state index contributed by atoms with van der Waals surface area (Å²) in [6, 6.07) is 5.31. The summed E-state index contributed by atoms with van der Waals surface area (Å²) in [5.74, 6) is 1.23. The highest BCUT2D eigenvalue weighted by atomic mass is 16.5. The molecule has 144 valence electrons. The third-order valence-electron chi connectivity index (χ3n) is 7.32. The van der Waals surface area contributed by atoms with Gasteiger partial charge in [-0.15, -0.1) is 0 Å². The summed E-state index contributed by atoms with van der Waals surface area (Å²) in [4.78, 5) is 32.4. The average molecular weight is 378 g/mol. The summed E-state index contributed by atoms with van der Waals surface area (Å²) in [5, 5.41) is 6.94. The molecule has 1 aliphatic heterocycles. The molecule has 0 saturated heterocycles. The van der Waals surface area contributed by atoms with Gasteiger partial charge in [0.1, 0.15) is 0 Å². The van der Waals surface area contributed by atoms with Crippen molar-refractivity contribution in [2.24, 2.45) is 11.8 Å². The van der Waals surface area contributed by atoms with Crippen LogP contribution in [-0.4, -0.2) is 37.9 Å². The normalized spacial score (nSPS) is 35.3. The molecule has 4 aliphatic carbocycles. The van der Waals surface area contributed by atoms with Gasteiger partial charge in [0, 0.05) is 23.3 Å². The summed E-state index contributed by atoms with van der Waals surface area (Å²) in [7, 11) is 0. The second-order valence-electron chi connectivity index (χ2n) is 9.19. The second-order valence-corrected chi connectivity index (χ2v) is 9.19. The van der Waals surface area contributed by atoms with Gasteiger partial charge in [-0.2, -0.15) is 0 Å². The predicted octanol–water partition coefficient (Wildman–Crippen LogP) is 2.55. The molecule has 28 heavy (non-hydrogen) atoms. The third kappa shape index (κ3) is 2.22. The minimum absolute atomic E-state index is 0.0989. The Labute approximate surface area is 162 Å². The summed E-state index contributed by atoms with van der Waals surface area (Å²) in [5.41, 5.74) is 1.16. The summed E-state index contributed by atoms with van der Waals surface area (Å²) in [6.07, 6.45) is 9.29. The van der Waals surface area contributed by atoms with Gasteiger partial charge in [-0.3, -0.25) is 14.6 Å². The van der Waals surface area contributed by atoms with Crippen molar-refractivity contribution >= 4 is 11.8 Å². The first-order valence-corrected chi connectivity index (χ1v) is 10.1. The van der Waals surface area contributed by atoms with E-state index in [2.05, 4.69) is 20.4 Å². The summed E-state index contributed by atoms with van der Waals surface area (Å²) < 4.78 is 5.06. The number of amides is 2. The van der Waals surface area contributed by atoms with E-state index >= 15 is 0 Å². The van der Waals surface area contributed by atoms with Crippen LogP contribution in [0.2, 0.25) is 0 Å². The molecule has 0 aromatic carbocycles. The Kier molecular flexibility index (Phi) is 3.15. The monoisotopic (exact) mass is 378 g/mol. The zero-order valence-electron chi connectivity index (χ0n) is 15.6. The van der Waals surface area contributed by atoms with E-state index in [4.69, 9.17) is 4.52 Å². The molecular weight excluding hydrogens is 356 g/mol. The molecule has 7 rings (SSSR count). The molecule has 7 heteroatoms. The smallest absolute Gasteiger partial charge is 0.290 e. The van der Waals surface area contributed by atoms with E-state index in [0.29, 0.717) is 18.4 Å². The Bertz CT molecular complexity index is 956. The van der Waals surface area contributed by atoms with E-state index in [1.54, 1.807) is 12.3 Å². The lowest BCUT2D eigenvalue weighted by Gasteiger charge is -2.64. The topological polar surface area (TPSA) is 88.3 Å². The van der Waals surface area contributed by atoms with Crippen LogP contribution in [0.3, 0.4) is 0 Å². The Morgan fingerprint density at radius 3 is 2.71 bits per heavy atom. The molecule has 2 amide bonds. The number of aromatic nitrogens is 2. The minimum Gasteiger partial charge on any atom is -0.351 e. The fourth-order valence-corrected chi connectivity index (χ4v) is 6.82. The number of pyridine rings is 1. The molecule has 3 heterocycles. The summed E-state index contributed by atoms with van der Waals surface area (Å²) >= 11 is 0. The Morgan fingerprint density at radius 1 is 1.18 bits per heavy atom. The molecule has 1 N–H and O–H groups in total. The zero-order valence-corrected chi connectivity index (χ0v) is 15.6. The highest BCUT2D eigenvalue weighted by Gasteiger charge is 2.62. The minimum atomic E-state index is -0.267. The van der Waals surface area contributed by atoms with Gasteiger partial charge in [0.15, 0.2) is 0 Å². The second kappa shape index (κ2) is 5.43. The van der Waals surface area contributed by atoms with Crippen LogP contribution in [0.15, 0.2) is 35.1 Å². The van der Waals surface area contributed by atoms with Gasteiger partial charge < -0.3 is 14.7 Å². The van der Waals surface area contributed by atoms with Gasteiger partial charge in [0.25, 0.3) is 11.8 Å². The summed E-state index contributed by atoms with van der Waals surface area (Å²) in [6.45, 7) is 0.584. The molecule has 4 bridgehead atoms. The first kappa shape index (κ1) is 16.3. The van der Waals surface area contributed by atoms with Crippen molar-refractivity contribution in [3.05, 3.63) is 47.6 Å². The SMILES string of the molecule is O=C(NC12CC3CC(C1)CC(N1Cc4ncccc4C1=O)(C3)C2)c1ccno1. The fourth-order valence-electron chi connectivity index (χ4n) is 6.82. The number of fused-ring (bicyclic) bond motifs is 1. The average Bonchev–Trinajstić information content (AvgIpc) is 3.29. The first-order valence-electron chi connectivity index (χ1n) is 10.1. The standard InChI is InChI=1S/C21H22N4O3/c26-18(17-3-5-23-28-17)24-20-7-13-6-14(8-20)10-21(9-13,12-20)25-11-16-15(19(25)27)2-1-4-22-16/h1-5,13-14H,6-12H2,(H,24,26). The molecule has 0 spiro atoms. The lowest BCUT2D eigenvalue weighted by molar-refractivity contribution is -0.0941. The van der Waals surface area contributed by atoms with Crippen LogP contribution >= 0.6 is 0 Å². The molecule has 4 fully saturated rings. The largest absolute Gasteiger partial charge is 0.351 e. The highest BCUT2D eigenvalue weighted by Crippen LogP contribution is 2.60. The number of carbonyl (C=O) groups is 2. The van der Waals surface area contributed by atoms with Crippen LogP contribution in [0.4, 0.5) is 0 Å². The number of nitrogens with one attached hydrogen (secondary N) is 1. The van der Waals surface area contributed by atoms with Crippen LogP contribution in [0.1, 0.15) is 65.1 Å². The maximum Gasteiger partial charge on any atom is 0.290 e. The molecule has 2 aromatic rings. The molecule has 5 aliphatic rings. The van der Waals surface area contributed by atoms with E-state index < -0.39 is 0 Å². The number of rotatable bonds is 3. The maximum atomic E-state index is 13.2. The van der Waals surface area contributed by atoms with E-state index in [-0.39, 0.29) is 28.7 Å². The van der Waals surface area contributed by atoms with Crippen molar-refractivity contribution < 1.29 is 14.1 Å². The van der Waals surface area contributed by atoms with Crippen LogP contribution in [0.25, 0.3) is 0 Å². The van der Waals surface area contributed by atoms with Crippen molar-refractivity contribution in [2.75, 3.05) is 0 Å². The van der Waals surface area contributed by atoms with Crippen LogP contribution in [0, 0.1) is 11.8 Å². The van der Waals surface area contributed by atoms with Gasteiger partial charge in [-0.05, 0) is 62.5 Å². The van der Waals surface area contributed by atoms with Crippen molar-refractivity contribution in [1.82, 2.24) is 20.4 Å². The molecule has 0 radical (unpaired) electrons. The Morgan fingerprint density at radius 2 is 2.00 bits per heavy atom. The Balaban J connectivity index is 1.33. The molecule has 7 nitrogen and oxygen atoms in total. The molecular formula is C21H22N4O3. The maximum absolute atomic E-state index is 13.2. The van der Waals surface area contributed by atoms with Gasteiger partial charge in [-0.1, -0.05) is 5.16 Å². The number of carbonyl (C=O) groups excluding carboxylic acids is 2. The molecule has 2 atom stereocenters. The van der Waals surface area contributed by atoms with E-state index in [1.807, 2.05) is 12.1 Å². The van der Waals surface area contributed by atoms with Crippen molar-refractivity contribution in [2.45, 2.75) is 56.1 Å². The van der Waals surface area contributed by atoms with Crippen molar-refractivity contribution in [3.63, 3.8) is 0 Å². The van der Waals surface area contributed by atoms with Gasteiger partial charge >= 0.3 is 0 Å². The fraction of sp³-hybridized carbons (Fsp3) is 0.524. The van der Waals surface area contributed by atoms with Gasteiger partial charge in [-0.25, -0.2) is 0 Å². The Hall–Kier alpha value is -2.70. The van der Waals surface area contributed by atoms with Crippen LogP contribution in [-0.2, 0) is 6.54 Å². The van der Waals surface area contributed by atoms with Gasteiger partial charge in [0.2, 0.25) is 5.76 Å². The van der Waals surface area contributed by atoms with E-state index in [0.717, 1.165) is 43.4 Å². The highest BCUT2D eigenvalue weighted by molar-refractivity contribution is 5.98. The predicted molar refractivity (Wildman–Crippen MR) is 98.2 cm³/mol. The lowest BCUT2D eigenvalue weighted by atomic mass is 9.49. The quantitative estimate of drug-likeness (QED) is 0.887. The van der Waals surface area contributed by atoms with Crippen molar-refractivity contribution in [1.29, 1.82) is 0 Å². The molecule has 4 saturated carbocycles. The number of hydrogen-bond acceptors (Lipinski definition) is 5. The van der Waals surface area contributed by atoms with Crippen LogP contribution in [0.5, 0.6) is 0 Å². The molecule has 2 unspecified atom stereocenters. The first-order chi connectivity index (χ1) is 13.6. The van der Waals surface area contributed by atoms with Crippen LogP contribution < -0.4 is 5.32 Å². The zero-order chi connectivity index (χ0) is 18.9. The number of hydrogen-bond donors (Lipinski definition) is 1. The third-order valence-corrected chi connectivity index (χ3v) is 7.32. The van der Waals surface area contributed by atoms with Gasteiger partial charge in [0.05, 0.1) is 24.0 Å². The van der Waals surface area contributed by atoms with E-state index in [9.17, 15) is 9.59 Å².